The summed E-state index contributed by atoms with van der Waals surface area (Å²) in [6.45, 7) is 3.21. The van der Waals surface area contributed by atoms with Crippen LogP contribution in [-0.4, -0.2) is 21.7 Å². The Balaban J connectivity index is 2.61. The zero-order valence-corrected chi connectivity index (χ0v) is 11.7. The van der Waals surface area contributed by atoms with Crippen LogP contribution in [0, 0.1) is 0 Å². The van der Waals surface area contributed by atoms with Crippen molar-refractivity contribution in [2.45, 2.75) is 31.8 Å². The molecule has 1 N–H and O–H groups in total. The lowest BCUT2D eigenvalue weighted by molar-refractivity contribution is -0.119. The minimum absolute atomic E-state index is 0.0939. The molecule has 0 aliphatic carbocycles. The molecule has 0 saturated carbocycles. The van der Waals surface area contributed by atoms with Gasteiger partial charge in [-0.2, -0.15) is 13.2 Å². The molecule has 112 valence electrons. The van der Waals surface area contributed by atoms with Crippen molar-refractivity contribution < 1.29 is 26.4 Å². The molecule has 0 aromatic heterocycles. The smallest absolute Gasteiger partial charge is 0.394 e. The van der Waals surface area contributed by atoms with E-state index in [2.05, 4.69) is 9.50 Å². The third-order valence-electron chi connectivity index (χ3n) is 2.28. The Bertz CT molecular complexity index is 488. The Kier molecular flexibility index (Phi) is 5.55. The minimum Gasteiger partial charge on any atom is -0.394 e. The van der Waals surface area contributed by atoms with Crippen LogP contribution < -0.4 is 9.50 Å². The van der Waals surface area contributed by atoms with Gasteiger partial charge >= 0.3 is 16.6 Å². The Morgan fingerprint density at radius 2 is 1.90 bits per heavy atom. The van der Waals surface area contributed by atoms with E-state index in [9.17, 15) is 22.2 Å². The molecule has 0 bridgehead atoms. The molecular formula is C12H14F3NO3S. The van der Waals surface area contributed by atoms with Gasteiger partial charge in [0.1, 0.15) is 5.75 Å². The van der Waals surface area contributed by atoms with E-state index in [1.54, 1.807) is 12.1 Å². The lowest BCUT2D eigenvalue weighted by atomic mass is 10.1. The van der Waals surface area contributed by atoms with E-state index in [-0.39, 0.29) is 17.7 Å². The van der Waals surface area contributed by atoms with Crippen LogP contribution in [0.5, 0.6) is 5.75 Å². The molecule has 0 radical (unpaired) electrons. The van der Waals surface area contributed by atoms with E-state index in [4.69, 9.17) is 0 Å². The van der Waals surface area contributed by atoms with E-state index < -0.39 is 16.6 Å². The molecule has 0 aliphatic rings. The van der Waals surface area contributed by atoms with Gasteiger partial charge in [0, 0.05) is 13.0 Å². The molecule has 20 heavy (non-hydrogen) atoms. The molecule has 2 atom stereocenters. The SMILES string of the molecule is CC(=O)N[C@@H](C)Cc1ccc(OS(=O)C(F)(F)F)cc1. The van der Waals surface area contributed by atoms with Crippen LogP contribution in [0.25, 0.3) is 0 Å². The molecule has 0 heterocycles. The third-order valence-corrected chi connectivity index (χ3v) is 3.00. The molecule has 0 spiro atoms. The molecule has 1 unspecified atom stereocenters. The van der Waals surface area contributed by atoms with Gasteiger partial charge in [0.2, 0.25) is 5.91 Å². The van der Waals surface area contributed by atoms with Crippen molar-refractivity contribution in [2.24, 2.45) is 0 Å². The van der Waals surface area contributed by atoms with Gasteiger partial charge in [-0.1, -0.05) is 12.1 Å². The normalized spacial score (nSPS) is 14.4. The van der Waals surface area contributed by atoms with E-state index in [0.29, 0.717) is 6.42 Å². The van der Waals surface area contributed by atoms with E-state index >= 15 is 0 Å². The molecule has 0 aliphatic heterocycles. The van der Waals surface area contributed by atoms with E-state index in [1.807, 2.05) is 6.92 Å². The molecule has 1 rings (SSSR count). The highest BCUT2D eigenvalue weighted by molar-refractivity contribution is 7.81. The molecule has 1 aromatic carbocycles. The maximum Gasteiger partial charge on any atom is 0.508 e. The average molecular weight is 309 g/mol. The van der Waals surface area contributed by atoms with E-state index in [1.165, 1.54) is 19.1 Å². The number of carbonyl (C=O) groups excluding carboxylic acids is 1. The number of amides is 1. The zero-order valence-electron chi connectivity index (χ0n) is 10.9. The van der Waals surface area contributed by atoms with Crippen LogP contribution >= 0.6 is 0 Å². The maximum atomic E-state index is 12.0. The monoisotopic (exact) mass is 309 g/mol. The lowest BCUT2D eigenvalue weighted by Crippen LogP contribution is -2.31. The van der Waals surface area contributed by atoms with Gasteiger partial charge in [-0.15, -0.1) is 0 Å². The second kappa shape index (κ2) is 6.74. The molecule has 0 saturated heterocycles. The summed E-state index contributed by atoms with van der Waals surface area (Å²) in [6, 6.07) is 5.63. The lowest BCUT2D eigenvalue weighted by Gasteiger charge is -2.13. The van der Waals surface area contributed by atoms with Crippen molar-refractivity contribution >= 4 is 17.0 Å². The summed E-state index contributed by atoms with van der Waals surface area (Å²) in [5.74, 6) is -0.283. The first-order valence-electron chi connectivity index (χ1n) is 5.71. The summed E-state index contributed by atoms with van der Waals surface area (Å²) in [4.78, 5) is 10.8. The first-order chi connectivity index (χ1) is 9.18. The van der Waals surface area contributed by atoms with Crippen molar-refractivity contribution in [3.63, 3.8) is 0 Å². The number of carbonyl (C=O) groups is 1. The van der Waals surface area contributed by atoms with Crippen LogP contribution in [0.3, 0.4) is 0 Å². The van der Waals surface area contributed by atoms with Crippen molar-refractivity contribution in [1.29, 1.82) is 0 Å². The number of halogens is 3. The van der Waals surface area contributed by atoms with Crippen LogP contribution in [0.2, 0.25) is 0 Å². The molecule has 0 fully saturated rings. The van der Waals surface area contributed by atoms with Crippen LogP contribution in [0.15, 0.2) is 24.3 Å². The Hall–Kier alpha value is -1.57. The van der Waals surface area contributed by atoms with Gasteiger partial charge in [0.05, 0.1) is 0 Å². The van der Waals surface area contributed by atoms with Crippen LogP contribution in [0.4, 0.5) is 13.2 Å². The van der Waals surface area contributed by atoms with Gasteiger partial charge in [-0.05, 0) is 31.0 Å². The maximum absolute atomic E-state index is 12.0. The summed E-state index contributed by atoms with van der Waals surface area (Å²) >= 11 is -3.37. The number of benzene rings is 1. The van der Waals surface area contributed by atoms with E-state index in [0.717, 1.165) is 5.56 Å². The number of nitrogens with one attached hydrogen (secondary N) is 1. The first-order valence-corrected chi connectivity index (χ1v) is 6.79. The predicted octanol–water partition coefficient (Wildman–Crippen LogP) is 2.32. The van der Waals surface area contributed by atoms with Gasteiger partial charge in [0.15, 0.2) is 0 Å². The molecule has 8 heteroatoms. The van der Waals surface area contributed by atoms with Gasteiger partial charge in [-0.25, -0.2) is 4.21 Å². The number of alkyl halides is 3. The average Bonchev–Trinajstić information content (AvgIpc) is 2.29. The quantitative estimate of drug-likeness (QED) is 0.908. The number of hydrogen-bond acceptors (Lipinski definition) is 3. The Morgan fingerprint density at radius 1 is 1.35 bits per heavy atom. The fourth-order valence-electron chi connectivity index (χ4n) is 1.57. The predicted molar refractivity (Wildman–Crippen MR) is 68.3 cm³/mol. The summed E-state index contributed by atoms with van der Waals surface area (Å²) in [5.41, 5.74) is -4.09. The highest BCUT2D eigenvalue weighted by Gasteiger charge is 2.40. The topological polar surface area (TPSA) is 55.4 Å². The molecule has 4 nitrogen and oxygen atoms in total. The van der Waals surface area contributed by atoms with Crippen LogP contribution in [0.1, 0.15) is 19.4 Å². The highest BCUT2D eigenvalue weighted by Crippen LogP contribution is 2.23. The largest absolute Gasteiger partial charge is 0.508 e. The standard InChI is InChI=1S/C12H14F3NO3S/c1-8(16-9(2)17)7-10-3-5-11(6-4-10)19-20(18)12(13,14)15/h3-6,8H,7H2,1-2H3,(H,16,17)/t8-,20?/m0/s1. The summed E-state index contributed by atoms with van der Waals surface area (Å²) in [5, 5.41) is 2.69. The Morgan fingerprint density at radius 3 is 2.35 bits per heavy atom. The molecule has 1 amide bonds. The summed E-state index contributed by atoms with van der Waals surface area (Å²) < 4.78 is 51.1. The van der Waals surface area contributed by atoms with Crippen molar-refractivity contribution in [2.75, 3.05) is 0 Å². The number of rotatable bonds is 5. The second-order valence-electron chi connectivity index (χ2n) is 4.21. The minimum atomic E-state index is -4.90. The van der Waals surface area contributed by atoms with Gasteiger partial charge in [-0.3, -0.25) is 4.79 Å². The van der Waals surface area contributed by atoms with Crippen molar-refractivity contribution in [3.8, 4) is 5.75 Å². The molecular weight excluding hydrogens is 295 g/mol. The Labute approximate surface area is 117 Å². The summed E-state index contributed by atoms with van der Waals surface area (Å²) in [6.07, 6.45) is 0.530. The third kappa shape index (κ3) is 5.60. The fourth-order valence-corrected chi connectivity index (χ4v) is 1.95. The van der Waals surface area contributed by atoms with Crippen molar-refractivity contribution in [1.82, 2.24) is 5.32 Å². The molecule has 1 aromatic rings. The fraction of sp³-hybridized carbons (Fsp3) is 0.417. The highest BCUT2D eigenvalue weighted by atomic mass is 32.2. The van der Waals surface area contributed by atoms with Gasteiger partial charge in [0.25, 0.3) is 0 Å². The number of hydrogen-bond donors (Lipinski definition) is 1. The second-order valence-corrected chi connectivity index (χ2v) is 5.31. The zero-order chi connectivity index (χ0) is 15.3. The van der Waals surface area contributed by atoms with Gasteiger partial charge < -0.3 is 9.50 Å². The van der Waals surface area contributed by atoms with Crippen LogP contribution in [-0.2, 0) is 22.3 Å². The van der Waals surface area contributed by atoms with Crippen molar-refractivity contribution in [3.05, 3.63) is 29.8 Å². The first kappa shape index (κ1) is 16.5. The summed E-state index contributed by atoms with van der Waals surface area (Å²) in [7, 11) is 0.